The SMILES string of the molecule is CC[C@@H](C(=O)NCC1=CCCN(C)C1)c1ccccc1. The molecule has 108 valence electrons. The molecule has 1 atom stereocenters. The van der Waals surface area contributed by atoms with Crippen molar-refractivity contribution >= 4 is 5.91 Å². The highest BCUT2D eigenvalue weighted by molar-refractivity contribution is 5.83. The molecule has 1 aliphatic heterocycles. The van der Waals surface area contributed by atoms with Crippen molar-refractivity contribution in [1.82, 2.24) is 10.2 Å². The number of carbonyl (C=O) groups is 1. The fourth-order valence-corrected chi connectivity index (χ4v) is 2.69. The van der Waals surface area contributed by atoms with Crippen LogP contribution >= 0.6 is 0 Å². The molecule has 0 bridgehead atoms. The van der Waals surface area contributed by atoms with Crippen LogP contribution in [0.5, 0.6) is 0 Å². The summed E-state index contributed by atoms with van der Waals surface area (Å²) >= 11 is 0. The zero-order valence-corrected chi connectivity index (χ0v) is 12.4. The van der Waals surface area contributed by atoms with E-state index in [0.717, 1.165) is 31.5 Å². The smallest absolute Gasteiger partial charge is 0.227 e. The molecule has 3 heteroatoms. The van der Waals surface area contributed by atoms with Crippen LogP contribution in [0.2, 0.25) is 0 Å². The van der Waals surface area contributed by atoms with Gasteiger partial charge in [-0.2, -0.15) is 0 Å². The van der Waals surface area contributed by atoms with E-state index in [1.807, 2.05) is 30.3 Å². The Morgan fingerprint density at radius 2 is 2.10 bits per heavy atom. The van der Waals surface area contributed by atoms with Crippen molar-refractivity contribution in [3.8, 4) is 0 Å². The first kappa shape index (κ1) is 14.8. The number of rotatable bonds is 5. The Morgan fingerprint density at radius 3 is 2.75 bits per heavy atom. The van der Waals surface area contributed by atoms with Gasteiger partial charge in [-0.25, -0.2) is 0 Å². The maximum atomic E-state index is 12.3. The van der Waals surface area contributed by atoms with Crippen molar-refractivity contribution in [3.63, 3.8) is 0 Å². The predicted molar refractivity (Wildman–Crippen MR) is 82.7 cm³/mol. The van der Waals surface area contributed by atoms with Crippen molar-refractivity contribution in [2.24, 2.45) is 0 Å². The molecule has 3 nitrogen and oxygen atoms in total. The Hall–Kier alpha value is -1.61. The predicted octanol–water partition coefficient (Wildman–Crippen LogP) is 2.56. The lowest BCUT2D eigenvalue weighted by atomic mass is 9.95. The molecule has 20 heavy (non-hydrogen) atoms. The van der Waals surface area contributed by atoms with E-state index < -0.39 is 0 Å². The monoisotopic (exact) mass is 272 g/mol. The number of benzene rings is 1. The summed E-state index contributed by atoms with van der Waals surface area (Å²) in [5.41, 5.74) is 2.41. The van der Waals surface area contributed by atoms with Gasteiger partial charge in [0.2, 0.25) is 5.91 Å². The minimum Gasteiger partial charge on any atom is -0.352 e. The largest absolute Gasteiger partial charge is 0.352 e. The zero-order valence-electron chi connectivity index (χ0n) is 12.4. The maximum Gasteiger partial charge on any atom is 0.227 e. The maximum absolute atomic E-state index is 12.3. The summed E-state index contributed by atoms with van der Waals surface area (Å²) in [4.78, 5) is 14.6. The minimum absolute atomic E-state index is 0.0434. The highest BCUT2D eigenvalue weighted by Gasteiger charge is 2.18. The summed E-state index contributed by atoms with van der Waals surface area (Å²) in [5, 5.41) is 3.09. The van der Waals surface area contributed by atoms with Gasteiger partial charge < -0.3 is 10.2 Å². The van der Waals surface area contributed by atoms with Gasteiger partial charge in [0.15, 0.2) is 0 Å². The van der Waals surface area contributed by atoms with E-state index in [2.05, 4.69) is 30.3 Å². The average Bonchev–Trinajstić information content (AvgIpc) is 2.47. The molecule has 2 rings (SSSR count). The lowest BCUT2D eigenvalue weighted by molar-refractivity contribution is -0.122. The molecular weight excluding hydrogens is 248 g/mol. The average molecular weight is 272 g/mol. The lowest BCUT2D eigenvalue weighted by Crippen LogP contribution is -2.35. The van der Waals surface area contributed by atoms with Gasteiger partial charge in [-0.1, -0.05) is 43.3 Å². The quantitative estimate of drug-likeness (QED) is 0.836. The first-order chi connectivity index (χ1) is 9.70. The summed E-state index contributed by atoms with van der Waals surface area (Å²) in [6, 6.07) is 10.0. The van der Waals surface area contributed by atoms with Gasteiger partial charge in [-0.05, 0) is 31.0 Å². The van der Waals surface area contributed by atoms with Gasteiger partial charge in [0.1, 0.15) is 0 Å². The number of hydrogen-bond acceptors (Lipinski definition) is 2. The topological polar surface area (TPSA) is 32.3 Å². The standard InChI is InChI=1S/C17H24N2O/c1-3-16(15-9-5-4-6-10-15)17(20)18-12-14-8-7-11-19(2)13-14/h4-6,8-10,16H,3,7,11-13H2,1-2H3,(H,18,20)/t16-/m1/s1. The van der Waals surface area contributed by atoms with Crippen LogP contribution in [0.3, 0.4) is 0 Å². The van der Waals surface area contributed by atoms with Gasteiger partial charge in [0.05, 0.1) is 5.92 Å². The first-order valence-corrected chi connectivity index (χ1v) is 7.39. The van der Waals surface area contributed by atoms with Crippen molar-refractivity contribution in [2.75, 3.05) is 26.7 Å². The molecule has 1 N–H and O–H groups in total. The fraction of sp³-hybridized carbons (Fsp3) is 0.471. The summed E-state index contributed by atoms with van der Waals surface area (Å²) in [5.74, 6) is 0.0888. The molecule has 0 radical (unpaired) electrons. The second kappa shape index (κ2) is 7.25. The van der Waals surface area contributed by atoms with E-state index in [1.165, 1.54) is 5.57 Å². The number of nitrogens with zero attached hydrogens (tertiary/aromatic N) is 1. The van der Waals surface area contributed by atoms with Crippen molar-refractivity contribution < 1.29 is 4.79 Å². The highest BCUT2D eigenvalue weighted by Crippen LogP contribution is 2.19. The summed E-state index contributed by atoms with van der Waals surface area (Å²) in [6.07, 6.45) is 4.16. The van der Waals surface area contributed by atoms with E-state index in [4.69, 9.17) is 0 Å². The van der Waals surface area contributed by atoms with E-state index in [-0.39, 0.29) is 11.8 Å². The molecule has 0 aliphatic carbocycles. The third kappa shape index (κ3) is 3.94. The number of carbonyl (C=O) groups excluding carboxylic acids is 1. The Labute approximate surface area is 121 Å². The molecule has 1 aliphatic rings. The zero-order chi connectivity index (χ0) is 14.4. The molecule has 1 aromatic rings. The van der Waals surface area contributed by atoms with Gasteiger partial charge in [-0.3, -0.25) is 4.79 Å². The molecule has 0 saturated carbocycles. The number of hydrogen-bond donors (Lipinski definition) is 1. The van der Waals surface area contributed by atoms with Crippen LogP contribution in [-0.2, 0) is 4.79 Å². The molecule has 0 saturated heterocycles. The van der Waals surface area contributed by atoms with Crippen molar-refractivity contribution in [1.29, 1.82) is 0 Å². The van der Waals surface area contributed by atoms with Crippen LogP contribution in [0.4, 0.5) is 0 Å². The third-order valence-electron chi connectivity index (χ3n) is 3.83. The second-order valence-corrected chi connectivity index (χ2v) is 5.48. The van der Waals surface area contributed by atoms with Crippen LogP contribution in [0.15, 0.2) is 42.0 Å². The van der Waals surface area contributed by atoms with Crippen LogP contribution < -0.4 is 5.32 Å². The number of likely N-dealkylation sites (N-methyl/N-ethyl adjacent to an activating group) is 1. The van der Waals surface area contributed by atoms with Crippen LogP contribution in [0.1, 0.15) is 31.2 Å². The van der Waals surface area contributed by atoms with Crippen LogP contribution in [-0.4, -0.2) is 37.5 Å². The van der Waals surface area contributed by atoms with Gasteiger partial charge in [-0.15, -0.1) is 0 Å². The van der Waals surface area contributed by atoms with Gasteiger partial charge in [0, 0.05) is 19.6 Å². The number of nitrogens with one attached hydrogen (secondary N) is 1. The Balaban J connectivity index is 1.92. The molecule has 0 fully saturated rings. The van der Waals surface area contributed by atoms with Gasteiger partial charge >= 0.3 is 0 Å². The van der Waals surface area contributed by atoms with Crippen molar-refractivity contribution in [3.05, 3.63) is 47.5 Å². The van der Waals surface area contributed by atoms with Gasteiger partial charge in [0.25, 0.3) is 0 Å². The molecular formula is C17H24N2O. The molecule has 0 unspecified atom stereocenters. The Kier molecular flexibility index (Phi) is 5.36. The summed E-state index contributed by atoms with van der Waals surface area (Å²) < 4.78 is 0. The second-order valence-electron chi connectivity index (χ2n) is 5.48. The van der Waals surface area contributed by atoms with Crippen LogP contribution in [0, 0.1) is 0 Å². The van der Waals surface area contributed by atoms with Crippen LogP contribution in [0.25, 0.3) is 0 Å². The Bertz CT molecular complexity index is 467. The lowest BCUT2D eigenvalue weighted by Gasteiger charge is -2.24. The Morgan fingerprint density at radius 1 is 1.35 bits per heavy atom. The molecule has 0 spiro atoms. The van der Waals surface area contributed by atoms with E-state index in [9.17, 15) is 4.79 Å². The minimum atomic E-state index is -0.0434. The van der Waals surface area contributed by atoms with E-state index >= 15 is 0 Å². The van der Waals surface area contributed by atoms with Crippen molar-refractivity contribution in [2.45, 2.75) is 25.7 Å². The summed E-state index contributed by atoms with van der Waals surface area (Å²) in [7, 11) is 2.12. The normalized spacial score (nSPS) is 17.4. The highest BCUT2D eigenvalue weighted by atomic mass is 16.1. The van der Waals surface area contributed by atoms with E-state index in [0.29, 0.717) is 6.54 Å². The molecule has 1 heterocycles. The first-order valence-electron chi connectivity index (χ1n) is 7.39. The summed E-state index contributed by atoms with van der Waals surface area (Å²) in [6.45, 7) is 4.80. The molecule has 0 aromatic heterocycles. The fourth-order valence-electron chi connectivity index (χ4n) is 2.69. The third-order valence-corrected chi connectivity index (χ3v) is 3.83. The molecule has 1 amide bonds. The number of amides is 1. The van der Waals surface area contributed by atoms with E-state index in [1.54, 1.807) is 0 Å². The molecule has 1 aromatic carbocycles.